The van der Waals surface area contributed by atoms with Crippen LogP contribution in [0.15, 0.2) is 0 Å². The molecule has 0 saturated heterocycles. The Bertz CT molecular complexity index is 568. The van der Waals surface area contributed by atoms with E-state index < -0.39 is 16.4 Å². The maximum atomic E-state index is 12.3. The molecule has 0 aromatic carbocycles. The van der Waals surface area contributed by atoms with Gasteiger partial charge in [-0.05, 0) is 61.9 Å². The lowest BCUT2D eigenvalue weighted by Gasteiger charge is -2.38. The van der Waals surface area contributed by atoms with Crippen LogP contribution in [-0.2, 0) is 37.3 Å². The van der Waals surface area contributed by atoms with E-state index >= 15 is 0 Å². The van der Waals surface area contributed by atoms with Crippen LogP contribution in [0, 0.1) is 17.8 Å². The van der Waals surface area contributed by atoms with Crippen molar-refractivity contribution in [2.45, 2.75) is 83.6 Å². The topological polar surface area (TPSA) is 89.5 Å². The van der Waals surface area contributed by atoms with Crippen molar-refractivity contribution in [2.24, 2.45) is 17.8 Å². The second-order valence-corrected chi connectivity index (χ2v) is 16.3. The van der Waals surface area contributed by atoms with E-state index in [1.165, 1.54) is 12.8 Å². The van der Waals surface area contributed by atoms with Crippen LogP contribution in [0.4, 0.5) is 0 Å². The molecule has 1 saturated carbocycles. The molecule has 3 atom stereocenters. The predicted octanol–water partition coefficient (Wildman–Crippen LogP) is 4.27. The van der Waals surface area contributed by atoms with Crippen molar-refractivity contribution in [2.75, 3.05) is 67.1 Å². The number of methoxy groups -OCH3 is 2. The Morgan fingerprint density at radius 3 is 1.92 bits per heavy atom. The highest BCUT2D eigenvalue weighted by Gasteiger charge is 2.32. The third-order valence-corrected chi connectivity index (χ3v) is 12.4. The molecule has 3 unspecified atom stereocenters. The van der Waals surface area contributed by atoms with Crippen LogP contribution in [0.3, 0.4) is 0 Å². The number of unbranched alkanes of at least 4 members (excludes halogenated alkanes) is 2. The van der Waals surface area contributed by atoms with Crippen LogP contribution in [0.5, 0.6) is 0 Å². The van der Waals surface area contributed by atoms with Crippen molar-refractivity contribution in [3.63, 3.8) is 0 Å². The van der Waals surface area contributed by atoms with E-state index in [-0.39, 0.29) is 12.2 Å². The number of hydrogen-bond donors (Lipinski definition) is 0. The van der Waals surface area contributed by atoms with Gasteiger partial charge in [0, 0.05) is 27.4 Å². The third kappa shape index (κ3) is 15.9. The van der Waals surface area contributed by atoms with Gasteiger partial charge in [0.05, 0.1) is 45.7 Å². The fourth-order valence-corrected chi connectivity index (χ4v) is 9.21. The summed E-state index contributed by atoms with van der Waals surface area (Å²) in [5, 5.41) is 0. The zero-order chi connectivity index (χ0) is 26.6. The van der Waals surface area contributed by atoms with Gasteiger partial charge >= 0.3 is 16.4 Å². The van der Waals surface area contributed by atoms with Crippen LogP contribution < -0.4 is 0 Å². The largest absolute Gasteiger partial charge is 0.385 e. The summed E-state index contributed by atoms with van der Waals surface area (Å²) in [5.41, 5.74) is 0. The molecular formula is C26H52O8Si2. The summed E-state index contributed by atoms with van der Waals surface area (Å²) in [7, 11) is -0.689. The number of ether oxygens (including phenoxy) is 6. The van der Waals surface area contributed by atoms with E-state index in [0.29, 0.717) is 83.2 Å². The van der Waals surface area contributed by atoms with E-state index in [1.807, 2.05) is 0 Å². The third-order valence-electron chi connectivity index (χ3n) is 6.78. The highest BCUT2D eigenvalue weighted by molar-refractivity contribution is 7.07. The molecule has 212 valence electrons. The van der Waals surface area contributed by atoms with Gasteiger partial charge < -0.3 is 37.3 Å². The Balaban J connectivity index is 2.01. The van der Waals surface area contributed by atoms with E-state index in [0.717, 1.165) is 25.2 Å². The predicted molar refractivity (Wildman–Crippen MR) is 143 cm³/mol. The molecule has 8 nitrogen and oxygen atoms in total. The molecule has 10 heteroatoms. The second-order valence-electron chi connectivity index (χ2n) is 10.2. The van der Waals surface area contributed by atoms with E-state index in [1.54, 1.807) is 14.2 Å². The van der Waals surface area contributed by atoms with Crippen molar-refractivity contribution in [3.8, 4) is 0 Å². The molecule has 1 aliphatic carbocycles. The maximum absolute atomic E-state index is 12.3. The Morgan fingerprint density at radius 2 is 1.28 bits per heavy atom. The monoisotopic (exact) mass is 548 g/mol. The van der Waals surface area contributed by atoms with Crippen molar-refractivity contribution >= 4 is 16.4 Å². The number of rotatable bonds is 23. The van der Waals surface area contributed by atoms with Gasteiger partial charge in [0.2, 0.25) is 0 Å². The lowest BCUT2D eigenvalue weighted by Crippen LogP contribution is -2.38. The number of hydrogen-bond acceptors (Lipinski definition) is 8. The van der Waals surface area contributed by atoms with Crippen molar-refractivity contribution in [3.05, 3.63) is 0 Å². The summed E-state index contributed by atoms with van der Waals surface area (Å²) < 4.78 is 57.9. The highest BCUT2D eigenvalue weighted by Crippen LogP contribution is 2.35. The normalized spacial score (nSPS) is 23.0. The van der Waals surface area contributed by atoms with E-state index in [9.17, 15) is 8.92 Å². The van der Waals surface area contributed by atoms with Gasteiger partial charge in [0.25, 0.3) is 0 Å². The van der Waals surface area contributed by atoms with Crippen molar-refractivity contribution in [1.82, 2.24) is 0 Å². The van der Waals surface area contributed by atoms with Gasteiger partial charge in [0.15, 0.2) is 0 Å². The zero-order valence-electron chi connectivity index (χ0n) is 23.5. The minimum absolute atomic E-state index is 0.105. The fourth-order valence-electron chi connectivity index (χ4n) is 4.88. The average Bonchev–Trinajstić information content (AvgIpc) is 2.84. The smallest absolute Gasteiger partial charge is 0.326 e. The van der Waals surface area contributed by atoms with Crippen LogP contribution in [0.1, 0.15) is 59.3 Å². The Labute approximate surface area is 222 Å². The molecule has 0 heterocycles. The van der Waals surface area contributed by atoms with E-state index in [4.69, 9.17) is 28.4 Å². The molecule has 0 bridgehead atoms. The van der Waals surface area contributed by atoms with Gasteiger partial charge in [-0.15, -0.1) is 0 Å². The maximum Gasteiger partial charge on any atom is 0.326 e. The molecule has 0 N–H and O–H groups in total. The van der Waals surface area contributed by atoms with Crippen LogP contribution in [-0.4, -0.2) is 95.7 Å². The summed E-state index contributed by atoms with van der Waals surface area (Å²) in [5.74, 6) is 1.89. The zero-order valence-corrected chi connectivity index (χ0v) is 25.5. The Morgan fingerprint density at radius 1 is 0.694 bits per heavy atom. The van der Waals surface area contributed by atoms with Gasteiger partial charge in [-0.1, -0.05) is 27.2 Å². The molecule has 0 aromatic rings. The first-order valence-electron chi connectivity index (χ1n) is 13.8. The van der Waals surface area contributed by atoms with Gasteiger partial charge in [-0.3, -0.25) is 0 Å². The average molecular weight is 549 g/mol. The first-order valence-corrected chi connectivity index (χ1v) is 18.0. The van der Waals surface area contributed by atoms with Crippen molar-refractivity contribution in [1.29, 1.82) is 0 Å². The van der Waals surface area contributed by atoms with E-state index in [2.05, 4.69) is 20.8 Å². The Kier molecular flexibility index (Phi) is 20.4. The lowest BCUT2D eigenvalue weighted by atomic mass is 9.75. The van der Waals surface area contributed by atoms with Gasteiger partial charge in [-0.25, -0.2) is 0 Å². The molecule has 0 amide bonds. The van der Waals surface area contributed by atoms with Crippen LogP contribution in [0.25, 0.3) is 0 Å². The second kappa shape index (κ2) is 21.7. The molecule has 36 heavy (non-hydrogen) atoms. The highest BCUT2D eigenvalue weighted by atomic mass is 29.2. The lowest BCUT2D eigenvalue weighted by molar-refractivity contribution is -0.101. The summed E-state index contributed by atoms with van der Waals surface area (Å²) in [6.07, 6.45) is 5.97. The quantitative estimate of drug-likeness (QED) is 0.138. The van der Waals surface area contributed by atoms with Crippen LogP contribution in [0.2, 0.25) is 12.1 Å². The molecule has 0 radical (unpaired) electrons. The first kappa shape index (κ1) is 33.8. The molecule has 1 fully saturated rings. The summed E-state index contributed by atoms with van der Waals surface area (Å²) in [6.45, 7) is 11.4. The summed E-state index contributed by atoms with van der Waals surface area (Å²) in [6, 6.07) is 1.07. The fraction of sp³-hybridized carbons (Fsp3) is 1.00. The molecule has 1 rings (SSSR count). The summed E-state index contributed by atoms with van der Waals surface area (Å²) >= 11 is 0. The van der Waals surface area contributed by atoms with Gasteiger partial charge in [0.1, 0.15) is 6.10 Å². The van der Waals surface area contributed by atoms with Gasteiger partial charge in [-0.2, -0.15) is 0 Å². The standard InChI is InChI=1S/C26H52O8Si2/c1-22-18-23(2)26(24(3)19-22)34-21-25(30-5)20-33-11-9-17-36(28)35(27)16-8-6-7-10-31-14-15-32-13-12-29-4/h22-26H,6-21H2,1-5H3. The minimum atomic E-state index is -2.02. The molecule has 1 aliphatic rings. The minimum Gasteiger partial charge on any atom is -0.385 e. The molecular weight excluding hydrogens is 496 g/mol. The first-order chi connectivity index (χ1) is 17.4. The molecule has 0 aromatic heterocycles. The van der Waals surface area contributed by atoms with Crippen molar-refractivity contribution < 1.29 is 37.3 Å². The molecule has 0 aliphatic heterocycles. The SMILES string of the molecule is COCCOCCOCCCCC[Si](=O)[Si](=O)CCCOCC(COC1C(C)CC(C)CC1C)OC. The Hall–Kier alpha value is -0.206. The molecule has 0 spiro atoms. The van der Waals surface area contributed by atoms with Crippen LogP contribution >= 0.6 is 0 Å². The summed E-state index contributed by atoms with van der Waals surface area (Å²) in [4.78, 5) is 0.